The van der Waals surface area contributed by atoms with Crippen molar-refractivity contribution in [3.63, 3.8) is 0 Å². The second kappa shape index (κ2) is 15.1. The van der Waals surface area contributed by atoms with E-state index in [-0.39, 0.29) is 17.6 Å². The molecule has 11 aromatic rings. The third-order valence-corrected chi connectivity index (χ3v) is 13.0. The first-order valence-corrected chi connectivity index (χ1v) is 22.1. The first-order valence-electron chi connectivity index (χ1n) is 22.1. The van der Waals surface area contributed by atoms with Crippen molar-refractivity contribution >= 4 is 88.4 Å². The molecule has 11 rings (SSSR count). The molecule has 0 saturated heterocycles. The van der Waals surface area contributed by atoms with E-state index in [1.807, 2.05) is 24.3 Å². The van der Waals surface area contributed by atoms with Gasteiger partial charge < -0.3 is 19.3 Å². The third-order valence-electron chi connectivity index (χ3n) is 13.0. The number of phenols is 1. The maximum atomic E-state index is 11.1. The SMILES string of the molecule is Cc1c(-c2ccccc2O)cccc1N(c1ccccc1)c1cc(C(C)C)c2ccc3c(N(c4ccccc4)c4cccc5c4oc4ccccc45)cc(C(C)C)c4ccc1c2c43. The number of nitrogens with zero attached hydrogens (tertiary/aromatic N) is 2. The smallest absolute Gasteiger partial charge is 0.159 e. The first-order chi connectivity index (χ1) is 30.8. The number of anilines is 6. The second-order valence-corrected chi connectivity index (χ2v) is 17.4. The van der Waals surface area contributed by atoms with Crippen molar-refractivity contribution in [2.24, 2.45) is 0 Å². The van der Waals surface area contributed by atoms with Gasteiger partial charge in [-0.2, -0.15) is 0 Å². The van der Waals surface area contributed by atoms with E-state index in [0.29, 0.717) is 0 Å². The predicted octanol–water partition coefficient (Wildman–Crippen LogP) is 17.4. The summed E-state index contributed by atoms with van der Waals surface area (Å²) < 4.78 is 6.77. The highest BCUT2D eigenvalue weighted by atomic mass is 16.3. The summed E-state index contributed by atoms with van der Waals surface area (Å²) in [6.07, 6.45) is 0. The van der Waals surface area contributed by atoms with Crippen LogP contribution in [0.5, 0.6) is 5.75 Å². The van der Waals surface area contributed by atoms with E-state index in [9.17, 15) is 5.11 Å². The summed E-state index contributed by atoms with van der Waals surface area (Å²) in [5, 5.41) is 20.7. The molecule has 0 atom stereocenters. The quantitative estimate of drug-likeness (QED) is 0.147. The number of benzene rings is 10. The normalized spacial score (nSPS) is 11.9. The number of aromatic hydroxyl groups is 1. The molecule has 10 aromatic carbocycles. The van der Waals surface area contributed by atoms with Gasteiger partial charge in [0.05, 0.1) is 17.1 Å². The zero-order chi connectivity index (χ0) is 42.9. The standard InChI is InChI=1S/C59H48N2O2/c1-36(2)49-34-53(60(39-18-8-6-9-19-39)51-26-16-24-41(38(51)5)42-22-12-14-28-55(42)62)47-32-30-45-50(37(3)4)35-54(48-33-31-44(49)57(47)58(45)48)61(40-20-10-7-11-21-40)52-27-17-25-46-43-23-13-15-29-56(43)63-59(46)52/h6-37,62H,1-5H3. The molecular formula is C59H48N2O2. The Morgan fingerprint density at radius 1 is 0.413 bits per heavy atom. The molecule has 0 saturated carbocycles. The second-order valence-electron chi connectivity index (χ2n) is 17.4. The molecule has 0 amide bonds. The predicted molar refractivity (Wildman–Crippen MR) is 267 cm³/mol. The van der Waals surface area contributed by atoms with Crippen LogP contribution in [-0.2, 0) is 0 Å². The number of hydrogen-bond acceptors (Lipinski definition) is 4. The van der Waals surface area contributed by atoms with Crippen molar-refractivity contribution in [1.82, 2.24) is 0 Å². The van der Waals surface area contributed by atoms with Gasteiger partial charge >= 0.3 is 0 Å². The van der Waals surface area contributed by atoms with Gasteiger partial charge in [0.1, 0.15) is 11.3 Å². The molecule has 0 aliphatic rings. The summed E-state index contributed by atoms with van der Waals surface area (Å²) in [6.45, 7) is 11.4. The summed E-state index contributed by atoms with van der Waals surface area (Å²) in [7, 11) is 0. The average molecular weight is 817 g/mol. The first kappa shape index (κ1) is 38.4. The van der Waals surface area contributed by atoms with E-state index in [4.69, 9.17) is 4.42 Å². The van der Waals surface area contributed by atoms with Crippen LogP contribution in [0.15, 0.2) is 186 Å². The number of fused-ring (bicyclic) bond motifs is 3. The third kappa shape index (κ3) is 6.12. The summed E-state index contributed by atoms with van der Waals surface area (Å²) in [4.78, 5) is 4.84. The largest absolute Gasteiger partial charge is 0.507 e. The van der Waals surface area contributed by atoms with Gasteiger partial charge in [-0.25, -0.2) is 0 Å². The van der Waals surface area contributed by atoms with Gasteiger partial charge in [-0.05, 0) is 123 Å². The number of hydrogen-bond donors (Lipinski definition) is 1. The molecule has 0 aliphatic heterocycles. The molecule has 63 heavy (non-hydrogen) atoms. The maximum Gasteiger partial charge on any atom is 0.159 e. The van der Waals surface area contributed by atoms with E-state index < -0.39 is 0 Å². The highest BCUT2D eigenvalue weighted by Gasteiger charge is 2.28. The van der Waals surface area contributed by atoms with Crippen molar-refractivity contribution in [3.05, 3.63) is 199 Å². The Balaban J connectivity index is 1.25. The maximum absolute atomic E-state index is 11.1. The molecule has 1 aromatic heterocycles. The minimum atomic E-state index is 0.246. The topological polar surface area (TPSA) is 39.9 Å². The van der Waals surface area contributed by atoms with Crippen LogP contribution in [0.3, 0.4) is 0 Å². The summed E-state index contributed by atoms with van der Waals surface area (Å²) in [5.41, 5.74) is 13.7. The zero-order valence-corrected chi connectivity index (χ0v) is 36.2. The minimum absolute atomic E-state index is 0.246. The Morgan fingerprint density at radius 3 is 1.49 bits per heavy atom. The van der Waals surface area contributed by atoms with Crippen molar-refractivity contribution < 1.29 is 9.52 Å². The van der Waals surface area contributed by atoms with Gasteiger partial charge in [0.2, 0.25) is 0 Å². The Bertz CT molecular complexity index is 3490. The lowest BCUT2D eigenvalue weighted by Crippen LogP contribution is -2.14. The van der Waals surface area contributed by atoms with Gasteiger partial charge in [0.25, 0.3) is 0 Å². The molecule has 306 valence electrons. The Kier molecular flexibility index (Phi) is 9.20. The van der Waals surface area contributed by atoms with Gasteiger partial charge in [-0.1, -0.05) is 149 Å². The van der Waals surface area contributed by atoms with E-state index in [0.717, 1.165) is 72.8 Å². The van der Waals surface area contributed by atoms with Crippen LogP contribution in [0.1, 0.15) is 56.2 Å². The Labute approximate surface area is 368 Å². The number of phenolic OH excluding ortho intramolecular Hbond substituents is 1. The van der Waals surface area contributed by atoms with E-state index >= 15 is 0 Å². The zero-order valence-electron chi connectivity index (χ0n) is 36.2. The van der Waals surface area contributed by atoms with E-state index in [1.54, 1.807) is 6.07 Å². The lowest BCUT2D eigenvalue weighted by atomic mass is 9.84. The van der Waals surface area contributed by atoms with Gasteiger partial charge in [-0.15, -0.1) is 0 Å². The summed E-state index contributed by atoms with van der Waals surface area (Å²) in [6, 6.07) is 64.7. The van der Waals surface area contributed by atoms with Crippen molar-refractivity contribution in [2.45, 2.75) is 46.5 Å². The van der Waals surface area contributed by atoms with E-state index in [1.165, 1.54) is 43.4 Å². The fourth-order valence-electron chi connectivity index (χ4n) is 10.1. The number of para-hydroxylation sites is 5. The highest BCUT2D eigenvalue weighted by molar-refractivity contribution is 6.30. The van der Waals surface area contributed by atoms with Crippen molar-refractivity contribution in [1.29, 1.82) is 0 Å². The van der Waals surface area contributed by atoms with Gasteiger partial charge in [-0.3, -0.25) is 0 Å². The average Bonchev–Trinajstić information content (AvgIpc) is 3.70. The fourth-order valence-corrected chi connectivity index (χ4v) is 10.1. The van der Waals surface area contributed by atoms with Gasteiger partial charge in [0.15, 0.2) is 5.58 Å². The Hall–Kier alpha value is -7.56. The fraction of sp³-hybridized carbons (Fsp3) is 0.119. The Morgan fingerprint density at radius 2 is 0.889 bits per heavy atom. The molecule has 0 bridgehead atoms. The molecule has 0 fully saturated rings. The molecule has 4 nitrogen and oxygen atoms in total. The summed E-state index contributed by atoms with van der Waals surface area (Å²) in [5.74, 6) is 0.763. The van der Waals surface area contributed by atoms with Crippen LogP contribution in [0.25, 0.3) is 65.4 Å². The minimum Gasteiger partial charge on any atom is -0.507 e. The van der Waals surface area contributed by atoms with E-state index in [2.05, 4.69) is 196 Å². The number of furan rings is 1. The monoisotopic (exact) mass is 816 g/mol. The molecule has 1 heterocycles. The van der Waals surface area contributed by atoms with Crippen LogP contribution >= 0.6 is 0 Å². The molecule has 0 spiro atoms. The molecule has 0 aliphatic carbocycles. The van der Waals surface area contributed by atoms with Crippen LogP contribution in [0.2, 0.25) is 0 Å². The number of rotatable bonds is 9. The molecular weight excluding hydrogens is 769 g/mol. The summed E-state index contributed by atoms with van der Waals surface area (Å²) >= 11 is 0. The van der Waals surface area contributed by atoms with Crippen molar-refractivity contribution in [3.8, 4) is 16.9 Å². The molecule has 1 N–H and O–H groups in total. The molecule has 0 unspecified atom stereocenters. The molecule has 0 radical (unpaired) electrons. The molecule has 4 heteroatoms. The van der Waals surface area contributed by atoms with Gasteiger partial charge in [0, 0.05) is 44.2 Å². The van der Waals surface area contributed by atoms with Crippen LogP contribution in [-0.4, -0.2) is 5.11 Å². The highest BCUT2D eigenvalue weighted by Crippen LogP contribution is 2.52. The van der Waals surface area contributed by atoms with Crippen LogP contribution < -0.4 is 9.80 Å². The van der Waals surface area contributed by atoms with Crippen molar-refractivity contribution in [2.75, 3.05) is 9.80 Å². The lowest BCUT2D eigenvalue weighted by molar-refractivity contribution is 0.477. The van der Waals surface area contributed by atoms with Crippen LogP contribution in [0.4, 0.5) is 34.1 Å². The van der Waals surface area contributed by atoms with Crippen LogP contribution in [0, 0.1) is 6.92 Å². The lowest BCUT2D eigenvalue weighted by Gasteiger charge is -2.32.